The third kappa shape index (κ3) is 4.69. The monoisotopic (exact) mass is 514 g/mol. The highest BCUT2D eigenvalue weighted by Crippen LogP contribution is 2.30. The van der Waals surface area contributed by atoms with Gasteiger partial charge in [0.15, 0.2) is 0 Å². The molecule has 1 unspecified atom stereocenters. The van der Waals surface area contributed by atoms with E-state index in [-0.39, 0.29) is 23.3 Å². The maximum Gasteiger partial charge on any atom is 0.261 e. The van der Waals surface area contributed by atoms with Crippen LogP contribution in [-0.4, -0.2) is 62.9 Å². The molecule has 4 aromatic rings. The number of benzene rings is 2. The highest BCUT2D eigenvalue weighted by molar-refractivity contribution is 6.02. The molecule has 2 aliphatic heterocycles. The minimum atomic E-state index is -0.288. The molecule has 1 saturated heterocycles. The van der Waals surface area contributed by atoms with Crippen molar-refractivity contribution in [2.24, 2.45) is 0 Å². The van der Waals surface area contributed by atoms with E-state index in [2.05, 4.69) is 20.2 Å². The second-order valence-corrected chi connectivity index (χ2v) is 10.3. The van der Waals surface area contributed by atoms with E-state index >= 15 is 0 Å². The maximum atomic E-state index is 14.2. The Bertz CT molecular complexity index is 1550. The Labute approximate surface area is 219 Å². The van der Waals surface area contributed by atoms with Crippen molar-refractivity contribution in [3.8, 4) is 11.4 Å². The number of anilines is 1. The van der Waals surface area contributed by atoms with E-state index in [4.69, 9.17) is 4.98 Å². The number of aromatic amines is 2. The predicted octanol–water partition coefficient (Wildman–Crippen LogP) is 4.15. The van der Waals surface area contributed by atoms with Crippen LogP contribution in [0.2, 0.25) is 0 Å². The summed E-state index contributed by atoms with van der Waals surface area (Å²) in [5.41, 5.74) is 4.37. The number of likely N-dealkylation sites (tertiary alicyclic amines) is 1. The summed E-state index contributed by atoms with van der Waals surface area (Å²) < 4.78 is 14.2. The average Bonchev–Trinajstić information content (AvgIpc) is 3.62. The minimum absolute atomic E-state index is 0.0347. The molecule has 1 amide bonds. The van der Waals surface area contributed by atoms with Crippen LogP contribution in [0.25, 0.3) is 22.4 Å². The molecule has 2 aromatic carbocycles. The summed E-state index contributed by atoms with van der Waals surface area (Å²) in [6, 6.07) is 12.1. The van der Waals surface area contributed by atoms with Gasteiger partial charge in [0.05, 0.1) is 16.7 Å². The second kappa shape index (κ2) is 10.1. The fourth-order valence-corrected chi connectivity index (χ4v) is 5.59. The molecular weight excluding hydrogens is 483 g/mol. The van der Waals surface area contributed by atoms with Gasteiger partial charge in [-0.25, -0.2) is 9.37 Å². The Morgan fingerprint density at radius 2 is 1.92 bits per heavy atom. The fourth-order valence-electron chi connectivity index (χ4n) is 5.59. The van der Waals surface area contributed by atoms with Crippen molar-refractivity contribution >= 4 is 22.6 Å². The molecule has 0 saturated carbocycles. The van der Waals surface area contributed by atoms with E-state index in [1.165, 1.54) is 18.9 Å². The quantitative estimate of drug-likeness (QED) is 0.328. The topological polar surface area (TPSA) is 97.1 Å². The summed E-state index contributed by atoms with van der Waals surface area (Å²) >= 11 is 0. The summed E-state index contributed by atoms with van der Waals surface area (Å²) in [5.74, 6) is 0.207. The van der Waals surface area contributed by atoms with Crippen LogP contribution in [0.1, 0.15) is 41.3 Å². The van der Waals surface area contributed by atoms with Gasteiger partial charge in [0.1, 0.15) is 17.2 Å². The zero-order chi connectivity index (χ0) is 26.2. The van der Waals surface area contributed by atoms with Crippen LogP contribution in [0.4, 0.5) is 10.1 Å². The Morgan fingerprint density at radius 3 is 2.74 bits per heavy atom. The van der Waals surface area contributed by atoms with Gasteiger partial charge in [-0.1, -0.05) is 18.2 Å². The van der Waals surface area contributed by atoms with Crippen LogP contribution < -0.4 is 10.9 Å². The van der Waals surface area contributed by atoms with Crippen molar-refractivity contribution in [3.63, 3.8) is 0 Å². The van der Waals surface area contributed by atoms with Crippen molar-refractivity contribution in [1.82, 2.24) is 24.8 Å². The number of nitrogens with one attached hydrogen (secondary N) is 3. The lowest BCUT2D eigenvalue weighted by molar-refractivity contribution is 0.0763. The van der Waals surface area contributed by atoms with Gasteiger partial charge in [-0.2, -0.15) is 0 Å². The van der Waals surface area contributed by atoms with Gasteiger partial charge in [0.25, 0.3) is 11.5 Å². The molecule has 1 atom stereocenters. The van der Waals surface area contributed by atoms with Crippen LogP contribution >= 0.6 is 0 Å². The van der Waals surface area contributed by atoms with Gasteiger partial charge >= 0.3 is 0 Å². The van der Waals surface area contributed by atoms with Gasteiger partial charge in [-0.3, -0.25) is 9.59 Å². The summed E-state index contributed by atoms with van der Waals surface area (Å²) in [5, 5.41) is 3.35. The second-order valence-electron chi connectivity index (χ2n) is 10.3. The first-order chi connectivity index (χ1) is 18.5. The normalized spacial score (nSPS) is 16.4. The molecule has 0 aliphatic carbocycles. The Morgan fingerprint density at radius 1 is 1.11 bits per heavy atom. The predicted molar refractivity (Wildman–Crippen MR) is 146 cm³/mol. The van der Waals surface area contributed by atoms with Gasteiger partial charge in [-0.15, -0.1) is 0 Å². The number of carbonyl (C=O) groups excluding carboxylic acids is 1. The smallest absolute Gasteiger partial charge is 0.261 e. The summed E-state index contributed by atoms with van der Waals surface area (Å²) in [6.07, 6.45) is 4.51. The van der Waals surface area contributed by atoms with Gasteiger partial charge in [-0.05, 0) is 74.7 Å². The average molecular weight is 515 g/mol. The van der Waals surface area contributed by atoms with E-state index in [1.54, 1.807) is 24.4 Å². The lowest BCUT2D eigenvalue weighted by Gasteiger charge is -2.20. The molecule has 38 heavy (non-hydrogen) atoms. The zero-order valence-electron chi connectivity index (χ0n) is 21.4. The fraction of sp³-hybridized carbons (Fsp3) is 0.345. The van der Waals surface area contributed by atoms with Crippen molar-refractivity contribution < 1.29 is 9.18 Å². The molecule has 196 valence electrons. The number of pyridine rings is 1. The van der Waals surface area contributed by atoms with Crippen LogP contribution in [0.15, 0.2) is 53.5 Å². The van der Waals surface area contributed by atoms with Crippen molar-refractivity contribution in [2.45, 2.75) is 38.8 Å². The van der Waals surface area contributed by atoms with Crippen molar-refractivity contribution in [1.29, 1.82) is 0 Å². The van der Waals surface area contributed by atoms with E-state index in [9.17, 15) is 14.0 Å². The molecule has 2 aliphatic rings. The third-order valence-corrected chi connectivity index (χ3v) is 7.55. The number of rotatable bonds is 8. The summed E-state index contributed by atoms with van der Waals surface area (Å²) in [6.45, 7) is 6.38. The molecule has 6 rings (SSSR count). The van der Waals surface area contributed by atoms with Gasteiger partial charge < -0.3 is 25.1 Å². The standard InChI is InChI=1S/C29H31FN6O2/c1-18(14-19-6-2-3-7-22(19)30)32-23-8-9-31-28(37)26(23)27-33-24-15-20-17-36(13-12-35-10-4-5-11-35)29(38)21(20)16-25(24)34-27/h2-3,6-9,15-16,18H,4-5,10-14,17H2,1H3,(H,33,34)(H2,31,32,37). The van der Waals surface area contributed by atoms with Crippen molar-refractivity contribution in [3.05, 3.63) is 81.5 Å². The largest absolute Gasteiger partial charge is 0.381 e. The molecule has 8 nitrogen and oxygen atoms in total. The van der Waals surface area contributed by atoms with E-state index < -0.39 is 0 Å². The van der Waals surface area contributed by atoms with E-state index in [1.807, 2.05) is 30.0 Å². The zero-order valence-corrected chi connectivity index (χ0v) is 21.4. The molecule has 3 N–H and O–H groups in total. The number of H-pyrrole nitrogens is 2. The molecule has 9 heteroatoms. The number of fused-ring (bicyclic) bond motifs is 2. The van der Waals surface area contributed by atoms with Crippen LogP contribution in [0, 0.1) is 5.82 Å². The number of carbonyl (C=O) groups is 1. The SMILES string of the molecule is CC(Cc1ccccc1F)Nc1cc[nH]c(=O)c1-c1nc2cc3c(cc2[nH]1)CN(CCN1CCCC1)C3=O. The third-order valence-electron chi connectivity index (χ3n) is 7.55. The molecule has 1 fully saturated rings. The highest BCUT2D eigenvalue weighted by Gasteiger charge is 2.29. The van der Waals surface area contributed by atoms with Crippen LogP contribution in [0.5, 0.6) is 0 Å². The molecule has 2 aromatic heterocycles. The number of aromatic nitrogens is 3. The first-order valence-corrected chi connectivity index (χ1v) is 13.2. The number of amides is 1. The molecule has 0 spiro atoms. The van der Waals surface area contributed by atoms with E-state index in [0.29, 0.717) is 46.7 Å². The number of halogens is 1. The minimum Gasteiger partial charge on any atom is -0.381 e. The maximum absolute atomic E-state index is 14.2. The number of hydrogen-bond acceptors (Lipinski definition) is 5. The number of nitrogens with zero attached hydrogens (tertiary/aromatic N) is 3. The number of imidazole rings is 1. The van der Waals surface area contributed by atoms with Crippen molar-refractivity contribution in [2.75, 3.05) is 31.5 Å². The van der Waals surface area contributed by atoms with Gasteiger partial charge in [0, 0.05) is 37.4 Å². The molecule has 4 heterocycles. The highest BCUT2D eigenvalue weighted by atomic mass is 19.1. The summed E-state index contributed by atoms with van der Waals surface area (Å²) in [4.78, 5) is 41.1. The Balaban J connectivity index is 1.24. The molecule has 0 radical (unpaired) electrons. The first kappa shape index (κ1) is 24.4. The lowest BCUT2D eigenvalue weighted by atomic mass is 10.1. The van der Waals surface area contributed by atoms with E-state index in [0.717, 1.165) is 37.3 Å². The lowest BCUT2D eigenvalue weighted by Crippen LogP contribution is -2.33. The Hall–Kier alpha value is -3.98. The first-order valence-electron chi connectivity index (χ1n) is 13.2. The van der Waals surface area contributed by atoms with Crippen LogP contribution in [0.3, 0.4) is 0 Å². The van der Waals surface area contributed by atoms with Gasteiger partial charge in [0.2, 0.25) is 0 Å². The molecular formula is C29H31FN6O2. The summed E-state index contributed by atoms with van der Waals surface area (Å²) in [7, 11) is 0. The molecule has 0 bridgehead atoms. The number of hydrogen-bond donors (Lipinski definition) is 3. The Kier molecular flexibility index (Phi) is 6.45. The van der Waals surface area contributed by atoms with Crippen LogP contribution in [-0.2, 0) is 13.0 Å².